The maximum atomic E-state index is 13.9. The quantitative estimate of drug-likeness (QED) is 0.202. The van der Waals surface area contributed by atoms with Crippen LogP contribution in [-0.4, -0.2) is 8.97 Å². The molecule has 5 aromatic carbocycles. The zero-order chi connectivity index (χ0) is 24.0. The van der Waals surface area contributed by atoms with E-state index in [0.29, 0.717) is 27.1 Å². The molecule has 0 atom stereocenters. The number of para-hydroxylation sites is 4. The van der Waals surface area contributed by atoms with E-state index in [0.717, 1.165) is 38.5 Å². The molecule has 0 radical (unpaired) electrons. The average Bonchev–Trinajstić information content (AvgIpc) is 3.26. The molecule has 3 aromatic heterocycles. The maximum absolute atomic E-state index is 13.9. The molecule has 8 rings (SSSR count). The summed E-state index contributed by atoms with van der Waals surface area (Å²) in [5.41, 5.74) is 5.31. The summed E-state index contributed by atoms with van der Waals surface area (Å²) >= 11 is 0. The number of hydrogen-bond acceptors (Lipinski definition) is 2. The predicted molar refractivity (Wildman–Crippen MR) is 148 cm³/mol. The van der Waals surface area contributed by atoms with Crippen molar-refractivity contribution in [3.05, 3.63) is 130 Å². The van der Waals surface area contributed by atoms with Crippen LogP contribution < -0.4 is 10.9 Å². The second kappa shape index (κ2) is 6.80. The molecule has 8 aromatic rings. The van der Waals surface area contributed by atoms with Crippen LogP contribution in [0.1, 0.15) is 0 Å². The minimum absolute atomic E-state index is 0.0447. The molecule has 168 valence electrons. The summed E-state index contributed by atoms with van der Waals surface area (Å²) in [6.07, 6.45) is 0. The van der Waals surface area contributed by atoms with E-state index in [1.54, 1.807) is 6.07 Å². The molecule has 4 heteroatoms. The molecule has 0 spiro atoms. The number of benzene rings is 5. The molecule has 0 saturated heterocycles. The van der Waals surface area contributed by atoms with Gasteiger partial charge in [0.15, 0.2) is 10.9 Å². The van der Waals surface area contributed by atoms with E-state index in [-0.39, 0.29) is 10.9 Å². The normalized spacial score (nSPS) is 12.1. The fourth-order valence-electron chi connectivity index (χ4n) is 5.90. The first-order valence-corrected chi connectivity index (χ1v) is 12.0. The van der Waals surface area contributed by atoms with Crippen molar-refractivity contribution in [1.29, 1.82) is 0 Å². The van der Waals surface area contributed by atoms with Crippen molar-refractivity contribution in [3.8, 4) is 5.69 Å². The maximum Gasteiger partial charge on any atom is 0.197 e. The fraction of sp³-hybridized carbons (Fsp3) is 0. The molecule has 3 heterocycles. The van der Waals surface area contributed by atoms with Crippen LogP contribution in [-0.2, 0) is 0 Å². The third kappa shape index (κ3) is 2.33. The van der Waals surface area contributed by atoms with Gasteiger partial charge in [-0.1, -0.05) is 54.6 Å². The van der Waals surface area contributed by atoms with E-state index in [1.807, 2.05) is 72.8 Å². The van der Waals surface area contributed by atoms with Gasteiger partial charge >= 0.3 is 0 Å². The summed E-state index contributed by atoms with van der Waals surface area (Å²) < 4.78 is 4.32. The van der Waals surface area contributed by atoms with Gasteiger partial charge in [-0.25, -0.2) is 0 Å². The summed E-state index contributed by atoms with van der Waals surface area (Å²) in [6.45, 7) is 0. The Labute approximate surface area is 204 Å². The standard InChI is InChI=1S/C32H18N2O2/c35-31-21-12-5-7-16-27(21)34-29-17-24-20-11-4-6-15-26(20)33(19-9-2-1-3-10-19)28(24)18-25(29)32(36)23-14-8-13-22(31)30(23)34/h1-18H. The molecule has 36 heavy (non-hydrogen) atoms. The van der Waals surface area contributed by atoms with Crippen molar-refractivity contribution < 1.29 is 0 Å². The smallest absolute Gasteiger partial charge is 0.197 e. The van der Waals surface area contributed by atoms with E-state index in [4.69, 9.17) is 0 Å². The third-order valence-corrected chi connectivity index (χ3v) is 7.43. The molecule has 0 aliphatic carbocycles. The minimum Gasteiger partial charge on any atom is -0.309 e. The number of fused-ring (bicyclic) bond motifs is 7. The van der Waals surface area contributed by atoms with E-state index in [2.05, 4.69) is 39.3 Å². The first kappa shape index (κ1) is 19.4. The molecule has 0 aliphatic heterocycles. The van der Waals surface area contributed by atoms with E-state index < -0.39 is 0 Å². The molecule has 0 N–H and O–H groups in total. The van der Waals surface area contributed by atoms with Crippen LogP contribution in [0.5, 0.6) is 0 Å². The molecular formula is C32H18N2O2. The Morgan fingerprint density at radius 3 is 1.78 bits per heavy atom. The van der Waals surface area contributed by atoms with Crippen LogP contribution in [0.4, 0.5) is 0 Å². The number of pyridine rings is 2. The highest BCUT2D eigenvalue weighted by Gasteiger charge is 2.19. The van der Waals surface area contributed by atoms with Crippen LogP contribution in [0.3, 0.4) is 0 Å². The molecule has 0 bridgehead atoms. The van der Waals surface area contributed by atoms with Crippen molar-refractivity contribution >= 4 is 59.9 Å². The number of hydrogen-bond donors (Lipinski definition) is 0. The van der Waals surface area contributed by atoms with Gasteiger partial charge < -0.3 is 8.97 Å². The highest BCUT2D eigenvalue weighted by Crippen LogP contribution is 2.35. The predicted octanol–water partition coefficient (Wildman–Crippen LogP) is 6.65. The van der Waals surface area contributed by atoms with Gasteiger partial charge in [0.05, 0.1) is 27.6 Å². The Morgan fingerprint density at radius 2 is 1.00 bits per heavy atom. The minimum atomic E-state index is -0.0583. The van der Waals surface area contributed by atoms with E-state index >= 15 is 0 Å². The molecule has 0 saturated carbocycles. The molecule has 0 unspecified atom stereocenters. The highest BCUT2D eigenvalue weighted by atomic mass is 16.1. The van der Waals surface area contributed by atoms with Crippen molar-refractivity contribution in [2.75, 3.05) is 0 Å². The SMILES string of the molecule is O=c1c2ccccc2n2c3cc4c5ccccc5n(-c5ccccc5)c4cc3c(=O)c3cccc1c32. The fourth-order valence-corrected chi connectivity index (χ4v) is 5.90. The summed E-state index contributed by atoms with van der Waals surface area (Å²) in [7, 11) is 0. The Hall–Kier alpha value is -4.96. The molecule has 0 amide bonds. The zero-order valence-corrected chi connectivity index (χ0v) is 19.1. The van der Waals surface area contributed by atoms with E-state index in [9.17, 15) is 9.59 Å². The summed E-state index contributed by atoms with van der Waals surface area (Å²) in [5, 5.41) is 4.59. The third-order valence-electron chi connectivity index (χ3n) is 7.43. The van der Waals surface area contributed by atoms with E-state index in [1.165, 1.54) is 0 Å². The average molecular weight is 463 g/mol. The lowest BCUT2D eigenvalue weighted by Gasteiger charge is -2.15. The first-order chi connectivity index (χ1) is 17.7. The van der Waals surface area contributed by atoms with Crippen LogP contribution >= 0.6 is 0 Å². The van der Waals surface area contributed by atoms with Gasteiger partial charge in [-0.2, -0.15) is 0 Å². The largest absolute Gasteiger partial charge is 0.309 e. The second-order valence-corrected chi connectivity index (χ2v) is 9.29. The van der Waals surface area contributed by atoms with Crippen molar-refractivity contribution in [2.45, 2.75) is 0 Å². The monoisotopic (exact) mass is 462 g/mol. The number of rotatable bonds is 1. The van der Waals surface area contributed by atoms with Gasteiger partial charge in [0.1, 0.15) is 0 Å². The van der Waals surface area contributed by atoms with Crippen molar-refractivity contribution in [3.63, 3.8) is 0 Å². The Kier molecular flexibility index (Phi) is 3.66. The summed E-state index contributed by atoms with van der Waals surface area (Å²) in [6, 6.07) is 35.8. The lowest BCUT2D eigenvalue weighted by molar-refractivity contribution is 1.18. The van der Waals surface area contributed by atoms with Crippen LogP contribution in [0.25, 0.3) is 65.6 Å². The van der Waals surface area contributed by atoms with Gasteiger partial charge in [0.2, 0.25) is 0 Å². The summed E-state index contributed by atoms with van der Waals surface area (Å²) in [4.78, 5) is 27.3. The van der Waals surface area contributed by atoms with Crippen LogP contribution in [0, 0.1) is 0 Å². The lowest BCUT2D eigenvalue weighted by atomic mass is 10.0. The van der Waals surface area contributed by atoms with Gasteiger partial charge in [-0.15, -0.1) is 0 Å². The Morgan fingerprint density at radius 1 is 0.417 bits per heavy atom. The van der Waals surface area contributed by atoms with Gasteiger partial charge in [0, 0.05) is 38.0 Å². The second-order valence-electron chi connectivity index (χ2n) is 9.29. The van der Waals surface area contributed by atoms with Crippen molar-refractivity contribution in [2.24, 2.45) is 0 Å². The van der Waals surface area contributed by atoms with Crippen LogP contribution in [0.2, 0.25) is 0 Å². The number of nitrogens with zero attached hydrogens (tertiary/aromatic N) is 2. The lowest BCUT2D eigenvalue weighted by Crippen LogP contribution is -2.14. The van der Waals surface area contributed by atoms with Gasteiger partial charge in [0.25, 0.3) is 0 Å². The van der Waals surface area contributed by atoms with Crippen LogP contribution in [0.15, 0.2) is 119 Å². The molecular weight excluding hydrogens is 444 g/mol. The molecule has 0 aliphatic rings. The first-order valence-electron chi connectivity index (χ1n) is 12.0. The molecule has 4 nitrogen and oxygen atoms in total. The zero-order valence-electron chi connectivity index (χ0n) is 19.1. The highest BCUT2D eigenvalue weighted by molar-refractivity contribution is 6.16. The van der Waals surface area contributed by atoms with Gasteiger partial charge in [-0.05, 0) is 54.6 Å². The number of aromatic nitrogens is 2. The van der Waals surface area contributed by atoms with Gasteiger partial charge in [-0.3, -0.25) is 9.59 Å². The topological polar surface area (TPSA) is 43.5 Å². The Bertz CT molecular complexity index is 2290. The Balaban J connectivity index is 1.71. The summed E-state index contributed by atoms with van der Waals surface area (Å²) in [5.74, 6) is 0. The molecule has 0 fully saturated rings. The van der Waals surface area contributed by atoms with Crippen molar-refractivity contribution in [1.82, 2.24) is 8.97 Å².